The lowest BCUT2D eigenvalue weighted by Gasteiger charge is -2.01. The molecule has 28 heavy (non-hydrogen) atoms. The van der Waals surface area contributed by atoms with Crippen LogP contribution in [0, 0.1) is 23.8 Å². The fraction of sp³-hybridized carbons (Fsp3) is 0.158. The van der Waals surface area contributed by atoms with Crippen LogP contribution < -0.4 is 0 Å². The molecule has 0 saturated heterocycles. The Morgan fingerprint density at radius 2 is 1.39 bits per heavy atom. The molecule has 2 aromatic carbocycles. The van der Waals surface area contributed by atoms with E-state index in [-0.39, 0.29) is 21.2 Å². The molecule has 2 N–H and O–H groups in total. The normalized spacial score (nSPS) is 13.3. The van der Waals surface area contributed by atoms with Crippen LogP contribution in [0.25, 0.3) is 21.8 Å². The van der Waals surface area contributed by atoms with Crippen molar-refractivity contribution in [2.24, 2.45) is 0 Å². The summed E-state index contributed by atoms with van der Waals surface area (Å²) in [6.45, 7) is 0. The molecule has 4 aromatic rings. The van der Waals surface area contributed by atoms with Crippen molar-refractivity contribution in [1.82, 2.24) is 9.97 Å². The highest BCUT2D eigenvalue weighted by Crippen LogP contribution is 2.44. The van der Waals surface area contributed by atoms with Gasteiger partial charge in [0.2, 0.25) is 0 Å². The van der Waals surface area contributed by atoms with E-state index in [2.05, 4.69) is 32.6 Å². The maximum Gasteiger partial charge on any atom is 0.271 e. The summed E-state index contributed by atoms with van der Waals surface area (Å²) in [5.74, 6) is 0.519. The Morgan fingerprint density at radius 3 is 1.96 bits per heavy atom. The van der Waals surface area contributed by atoms with Crippen LogP contribution in [-0.4, -0.2) is 19.8 Å². The Bertz CT molecular complexity index is 1210. The topological polar surface area (TPSA) is 118 Å². The minimum atomic E-state index is -0.380. The van der Waals surface area contributed by atoms with Gasteiger partial charge < -0.3 is 9.97 Å². The molecule has 0 bridgehead atoms. The predicted molar refractivity (Wildman–Crippen MR) is 115 cm³/mol. The van der Waals surface area contributed by atoms with E-state index in [4.69, 9.17) is 0 Å². The molecule has 0 spiro atoms. The molecule has 5 rings (SSSR count). The van der Waals surface area contributed by atoms with Crippen molar-refractivity contribution in [3.05, 3.63) is 78.2 Å². The average Bonchev–Trinajstić information content (AvgIpc) is 3.19. The molecule has 0 unspecified atom stereocenters. The van der Waals surface area contributed by atoms with E-state index in [1.54, 1.807) is 30.5 Å². The van der Waals surface area contributed by atoms with Crippen molar-refractivity contribution >= 4 is 55.8 Å². The fourth-order valence-corrected chi connectivity index (χ4v) is 4.01. The number of nitro benzene ring substituents is 2. The highest BCUT2D eigenvalue weighted by Gasteiger charge is 2.27. The smallest absolute Gasteiger partial charge is 0.271 e. The molecule has 1 saturated carbocycles. The number of nitrogens with zero attached hydrogens (tertiary/aromatic N) is 2. The second kappa shape index (κ2) is 7.23. The number of benzene rings is 2. The van der Waals surface area contributed by atoms with Crippen molar-refractivity contribution < 1.29 is 9.85 Å². The van der Waals surface area contributed by atoms with Crippen LogP contribution in [0.1, 0.15) is 24.3 Å². The van der Waals surface area contributed by atoms with E-state index < -0.39 is 0 Å². The Morgan fingerprint density at radius 1 is 0.857 bits per heavy atom. The summed E-state index contributed by atoms with van der Waals surface area (Å²) in [6, 6.07) is 10.2. The quantitative estimate of drug-likeness (QED) is 0.220. The maximum atomic E-state index is 10.8. The molecule has 9 heteroatoms. The highest BCUT2D eigenvalue weighted by atomic mass is 127. The van der Waals surface area contributed by atoms with Crippen molar-refractivity contribution in [2.75, 3.05) is 0 Å². The Hall–Kier alpha value is -2.95. The number of nitrogens with one attached hydrogen (secondary N) is 2. The Labute approximate surface area is 172 Å². The Kier molecular flexibility index (Phi) is 4.75. The van der Waals surface area contributed by atoms with Crippen LogP contribution in [0.4, 0.5) is 11.4 Å². The minimum absolute atomic E-state index is 0.136. The molecular weight excluding hydrogens is 475 g/mol. The summed E-state index contributed by atoms with van der Waals surface area (Å²) >= 11 is 2.08. The van der Waals surface area contributed by atoms with E-state index >= 15 is 0 Å². The van der Waals surface area contributed by atoms with Gasteiger partial charge >= 0.3 is 0 Å². The molecule has 2 aromatic heterocycles. The first kappa shape index (κ1) is 18.4. The maximum absolute atomic E-state index is 10.8. The Balaban J connectivity index is 0.000000139. The second-order valence-electron chi connectivity index (χ2n) is 6.63. The summed E-state index contributed by atoms with van der Waals surface area (Å²) < 4.78 is 0.867. The van der Waals surface area contributed by atoms with Crippen LogP contribution in [-0.2, 0) is 0 Å². The number of fused-ring (bicyclic) bond motifs is 2. The summed E-state index contributed by atoms with van der Waals surface area (Å²) in [5, 5.41) is 23.1. The first-order chi connectivity index (χ1) is 13.4. The van der Waals surface area contributed by atoms with Crippen LogP contribution in [0.3, 0.4) is 0 Å². The van der Waals surface area contributed by atoms with Gasteiger partial charge in [-0.3, -0.25) is 20.2 Å². The number of hydrogen-bond acceptors (Lipinski definition) is 4. The summed E-state index contributed by atoms with van der Waals surface area (Å²) in [6.07, 6.45) is 5.90. The standard InChI is InChI=1S/C11H10N2O2.C8H5IN2O2/c14-13(15)9-5-8-3-4-12-11(8)10(6-9)7-1-2-7;9-7-4-6(11(12)13)3-5-1-2-10-8(5)7/h3-7,12H,1-2H2;1-4,10H. The first-order valence-electron chi connectivity index (χ1n) is 8.60. The van der Waals surface area contributed by atoms with E-state index in [1.807, 2.05) is 18.3 Å². The second-order valence-corrected chi connectivity index (χ2v) is 7.80. The molecule has 0 radical (unpaired) electrons. The number of hydrogen-bond donors (Lipinski definition) is 2. The zero-order chi connectivity index (χ0) is 19.8. The number of aromatic amines is 2. The summed E-state index contributed by atoms with van der Waals surface area (Å²) in [4.78, 5) is 26.7. The van der Waals surface area contributed by atoms with Crippen molar-refractivity contribution in [2.45, 2.75) is 18.8 Å². The molecular formula is C19H15IN4O4. The van der Waals surface area contributed by atoms with Gasteiger partial charge in [0.25, 0.3) is 11.4 Å². The molecule has 142 valence electrons. The lowest BCUT2D eigenvalue weighted by atomic mass is 10.1. The van der Waals surface area contributed by atoms with Crippen LogP contribution >= 0.6 is 22.6 Å². The van der Waals surface area contributed by atoms with Gasteiger partial charge in [-0.2, -0.15) is 0 Å². The number of H-pyrrole nitrogens is 2. The number of non-ortho nitro benzene ring substituents is 2. The molecule has 2 heterocycles. The largest absolute Gasteiger partial charge is 0.361 e. The van der Waals surface area contributed by atoms with Gasteiger partial charge in [-0.15, -0.1) is 0 Å². The summed E-state index contributed by atoms with van der Waals surface area (Å²) in [7, 11) is 0. The van der Waals surface area contributed by atoms with Crippen LogP contribution in [0.5, 0.6) is 0 Å². The fourth-order valence-electron chi connectivity index (χ4n) is 3.22. The van der Waals surface area contributed by atoms with E-state index in [0.29, 0.717) is 5.92 Å². The first-order valence-corrected chi connectivity index (χ1v) is 9.68. The summed E-state index contributed by atoms with van der Waals surface area (Å²) in [5.41, 5.74) is 3.44. The molecule has 0 amide bonds. The molecule has 0 atom stereocenters. The van der Waals surface area contributed by atoms with Gasteiger partial charge in [0.05, 0.1) is 15.4 Å². The van der Waals surface area contributed by atoms with Crippen molar-refractivity contribution in [1.29, 1.82) is 0 Å². The SMILES string of the molecule is O=[N+]([O-])c1cc(C2CC2)c2[nH]ccc2c1.O=[N+]([O-])c1cc(I)c2[nH]ccc2c1. The van der Waals surface area contributed by atoms with Crippen LogP contribution in [0.15, 0.2) is 48.8 Å². The van der Waals surface area contributed by atoms with Gasteiger partial charge in [0, 0.05) is 56.5 Å². The van der Waals surface area contributed by atoms with Gasteiger partial charge in [-0.05, 0) is 59.0 Å². The highest BCUT2D eigenvalue weighted by molar-refractivity contribution is 14.1. The third-order valence-corrected chi connectivity index (χ3v) is 5.56. The molecule has 1 aliphatic carbocycles. The van der Waals surface area contributed by atoms with Gasteiger partial charge in [-0.1, -0.05) is 0 Å². The van der Waals surface area contributed by atoms with Crippen molar-refractivity contribution in [3.63, 3.8) is 0 Å². The molecule has 0 aliphatic heterocycles. The average molecular weight is 490 g/mol. The van der Waals surface area contributed by atoms with Gasteiger partial charge in [-0.25, -0.2) is 0 Å². The third-order valence-electron chi connectivity index (χ3n) is 4.71. The number of rotatable bonds is 3. The monoisotopic (exact) mass is 490 g/mol. The lowest BCUT2D eigenvalue weighted by molar-refractivity contribution is -0.384. The zero-order valence-electron chi connectivity index (χ0n) is 14.5. The number of halogens is 1. The number of nitro groups is 2. The van der Waals surface area contributed by atoms with Crippen LogP contribution in [0.2, 0.25) is 0 Å². The van der Waals surface area contributed by atoms with E-state index in [1.165, 1.54) is 0 Å². The lowest BCUT2D eigenvalue weighted by Crippen LogP contribution is -1.90. The van der Waals surface area contributed by atoms with Gasteiger partial charge in [0.15, 0.2) is 0 Å². The van der Waals surface area contributed by atoms with E-state index in [9.17, 15) is 20.2 Å². The number of aromatic nitrogens is 2. The third kappa shape index (κ3) is 3.57. The zero-order valence-corrected chi connectivity index (χ0v) is 16.7. The minimum Gasteiger partial charge on any atom is -0.361 e. The molecule has 8 nitrogen and oxygen atoms in total. The predicted octanol–water partition coefficient (Wildman–Crippen LogP) is 5.63. The van der Waals surface area contributed by atoms with Gasteiger partial charge in [0.1, 0.15) is 0 Å². The van der Waals surface area contributed by atoms with E-state index in [0.717, 1.165) is 43.8 Å². The van der Waals surface area contributed by atoms with Crippen molar-refractivity contribution in [3.8, 4) is 0 Å². The molecule has 1 aliphatic rings. The molecule has 1 fully saturated rings.